The highest BCUT2D eigenvalue weighted by Crippen LogP contribution is 2.27. The molecular formula is C23H44N6O4. The quantitative estimate of drug-likeness (QED) is 0.183. The third kappa shape index (κ3) is 11.0. The molecule has 0 spiro atoms. The summed E-state index contributed by atoms with van der Waals surface area (Å²) in [7, 11) is 0. The Hall–Kier alpha value is -2.20. The molecule has 0 radical (unpaired) electrons. The van der Waals surface area contributed by atoms with Gasteiger partial charge in [0.15, 0.2) is 0 Å². The number of hydrogen-bond acceptors (Lipinski definition) is 6. The van der Waals surface area contributed by atoms with Gasteiger partial charge in [-0.1, -0.05) is 52.9 Å². The molecule has 10 nitrogen and oxygen atoms in total. The molecule has 1 aliphatic carbocycles. The summed E-state index contributed by atoms with van der Waals surface area (Å²) in [5, 5.41) is 11.3. The Kier molecular flexibility index (Phi) is 13.6. The van der Waals surface area contributed by atoms with E-state index < -0.39 is 35.8 Å². The van der Waals surface area contributed by atoms with Crippen LogP contribution in [0.15, 0.2) is 0 Å². The molecule has 0 aromatic carbocycles. The lowest BCUT2D eigenvalue weighted by Crippen LogP contribution is -2.58. The van der Waals surface area contributed by atoms with Gasteiger partial charge in [0.25, 0.3) is 0 Å². The number of hydrogen-bond donors (Lipinski definition) is 6. The van der Waals surface area contributed by atoms with Crippen LogP contribution in [0.25, 0.3) is 0 Å². The minimum absolute atomic E-state index is 0.182. The van der Waals surface area contributed by atoms with Crippen LogP contribution in [0.1, 0.15) is 72.1 Å². The highest BCUT2D eigenvalue weighted by Gasteiger charge is 2.31. The summed E-state index contributed by atoms with van der Waals surface area (Å²) in [6, 6.07) is -2.48. The van der Waals surface area contributed by atoms with Crippen LogP contribution in [0.3, 0.4) is 0 Å². The predicted molar refractivity (Wildman–Crippen MR) is 128 cm³/mol. The zero-order chi connectivity index (χ0) is 24.8. The summed E-state index contributed by atoms with van der Waals surface area (Å²) < 4.78 is 0. The van der Waals surface area contributed by atoms with Crippen molar-refractivity contribution in [3.05, 3.63) is 0 Å². The Bertz CT molecular complexity index is 636. The van der Waals surface area contributed by atoms with E-state index in [-0.39, 0.29) is 31.2 Å². The first kappa shape index (κ1) is 28.8. The minimum atomic E-state index is -0.831. The summed E-state index contributed by atoms with van der Waals surface area (Å²) in [5.74, 6) is -1.63. The summed E-state index contributed by atoms with van der Waals surface area (Å²) in [4.78, 5) is 50.2. The van der Waals surface area contributed by atoms with E-state index in [1.165, 1.54) is 6.42 Å². The molecule has 3 atom stereocenters. The van der Waals surface area contributed by atoms with Crippen LogP contribution in [0.5, 0.6) is 0 Å². The predicted octanol–water partition coefficient (Wildman–Crippen LogP) is -0.0991. The maximum absolute atomic E-state index is 13.1. The lowest BCUT2D eigenvalue weighted by molar-refractivity contribution is -0.134. The number of nitrogens with two attached hydrogens (primary N) is 2. The lowest BCUT2D eigenvalue weighted by Gasteiger charge is -2.29. The fourth-order valence-corrected chi connectivity index (χ4v) is 4.16. The summed E-state index contributed by atoms with van der Waals surface area (Å²) in [5.41, 5.74) is 11.1. The fourth-order valence-electron chi connectivity index (χ4n) is 4.16. The zero-order valence-electron chi connectivity index (χ0n) is 20.5. The van der Waals surface area contributed by atoms with Gasteiger partial charge in [-0.05, 0) is 37.8 Å². The van der Waals surface area contributed by atoms with E-state index in [1.807, 2.05) is 6.92 Å². The fraction of sp³-hybridized carbons (Fsp3) is 0.826. The van der Waals surface area contributed by atoms with Crippen molar-refractivity contribution in [2.24, 2.45) is 23.3 Å². The highest BCUT2D eigenvalue weighted by atomic mass is 16.2. The Labute approximate surface area is 197 Å². The molecule has 1 aliphatic rings. The van der Waals surface area contributed by atoms with Crippen LogP contribution < -0.4 is 32.7 Å². The van der Waals surface area contributed by atoms with Gasteiger partial charge in [-0.2, -0.15) is 0 Å². The number of amides is 4. The second kappa shape index (κ2) is 15.6. The van der Waals surface area contributed by atoms with Crippen molar-refractivity contribution < 1.29 is 19.2 Å². The van der Waals surface area contributed by atoms with E-state index in [2.05, 4.69) is 21.3 Å². The van der Waals surface area contributed by atoms with Crippen molar-refractivity contribution >= 4 is 23.6 Å². The van der Waals surface area contributed by atoms with E-state index in [0.717, 1.165) is 32.2 Å². The minimum Gasteiger partial charge on any atom is -0.368 e. The van der Waals surface area contributed by atoms with Gasteiger partial charge in [-0.3, -0.25) is 19.2 Å². The Morgan fingerprint density at radius 3 is 2.12 bits per heavy atom. The van der Waals surface area contributed by atoms with Crippen molar-refractivity contribution in [3.8, 4) is 0 Å². The molecule has 10 heteroatoms. The van der Waals surface area contributed by atoms with E-state index in [4.69, 9.17) is 11.5 Å². The van der Waals surface area contributed by atoms with Crippen molar-refractivity contribution in [1.82, 2.24) is 21.3 Å². The van der Waals surface area contributed by atoms with Crippen molar-refractivity contribution in [1.29, 1.82) is 0 Å². The second-order valence-electron chi connectivity index (χ2n) is 9.23. The first-order valence-corrected chi connectivity index (χ1v) is 12.3. The Balaban J connectivity index is 2.90. The van der Waals surface area contributed by atoms with Crippen molar-refractivity contribution in [2.45, 2.75) is 90.3 Å². The average Bonchev–Trinajstić information content (AvgIpc) is 2.76. The van der Waals surface area contributed by atoms with Crippen LogP contribution in [-0.4, -0.2) is 61.4 Å². The molecule has 190 valence electrons. The molecule has 1 saturated carbocycles. The number of carbonyl (C=O) groups is 4. The maximum atomic E-state index is 13.1. The number of nitrogens with one attached hydrogen (secondary N) is 4. The number of primary amides is 1. The Morgan fingerprint density at radius 1 is 0.939 bits per heavy atom. The number of carbonyl (C=O) groups excluding carboxylic acids is 4. The summed E-state index contributed by atoms with van der Waals surface area (Å²) in [6.07, 6.45) is 6.34. The number of rotatable bonds is 15. The molecule has 0 heterocycles. The summed E-state index contributed by atoms with van der Waals surface area (Å²) >= 11 is 0. The van der Waals surface area contributed by atoms with Gasteiger partial charge in [-0.25, -0.2) is 0 Å². The van der Waals surface area contributed by atoms with Crippen molar-refractivity contribution in [3.63, 3.8) is 0 Å². The highest BCUT2D eigenvalue weighted by molar-refractivity contribution is 5.94. The van der Waals surface area contributed by atoms with Gasteiger partial charge in [0.1, 0.15) is 18.1 Å². The maximum Gasteiger partial charge on any atom is 0.243 e. The van der Waals surface area contributed by atoms with Gasteiger partial charge in [0.2, 0.25) is 23.6 Å². The van der Waals surface area contributed by atoms with E-state index in [9.17, 15) is 19.2 Å². The van der Waals surface area contributed by atoms with Gasteiger partial charge in [0, 0.05) is 13.0 Å². The van der Waals surface area contributed by atoms with E-state index >= 15 is 0 Å². The van der Waals surface area contributed by atoms with E-state index in [0.29, 0.717) is 18.9 Å². The second-order valence-corrected chi connectivity index (χ2v) is 9.23. The molecule has 33 heavy (non-hydrogen) atoms. The van der Waals surface area contributed by atoms with Gasteiger partial charge in [0.05, 0.1) is 0 Å². The molecule has 3 unspecified atom stereocenters. The molecule has 8 N–H and O–H groups in total. The smallest absolute Gasteiger partial charge is 0.243 e. The normalized spacial score (nSPS) is 17.1. The SMILES string of the molecule is CCNCCC(=O)NC(CCN)C(=O)NC(CC1CCCCC1)C(=O)NC(C(N)=O)C(C)C. The van der Waals surface area contributed by atoms with Crippen LogP contribution in [0, 0.1) is 11.8 Å². The topological polar surface area (TPSA) is 168 Å². The zero-order valence-corrected chi connectivity index (χ0v) is 20.5. The average molecular weight is 469 g/mol. The van der Waals surface area contributed by atoms with Crippen LogP contribution in [0.4, 0.5) is 0 Å². The largest absolute Gasteiger partial charge is 0.368 e. The molecule has 0 aliphatic heterocycles. The first-order valence-electron chi connectivity index (χ1n) is 12.3. The molecule has 0 bridgehead atoms. The van der Waals surface area contributed by atoms with Crippen molar-refractivity contribution in [2.75, 3.05) is 19.6 Å². The van der Waals surface area contributed by atoms with Crippen LogP contribution in [-0.2, 0) is 19.2 Å². The third-order valence-electron chi connectivity index (χ3n) is 6.08. The van der Waals surface area contributed by atoms with E-state index in [1.54, 1.807) is 13.8 Å². The van der Waals surface area contributed by atoms with Gasteiger partial charge in [-0.15, -0.1) is 0 Å². The third-order valence-corrected chi connectivity index (χ3v) is 6.08. The molecule has 0 aromatic heterocycles. The summed E-state index contributed by atoms with van der Waals surface area (Å²) in [6.45, 7) is 7.01. The van der Waals surface area contributed by atoms with Gasteiger partial charge >= 0.3 is 0 Å². The molecule has 1 rings (SSSR count). The van der Waals surface area contributed by atoms with Crippen LogP contribution in [0.2, 0.25) is 0 Å². The molecular weight excluding hydrogens is 424 g/mol. The molecule has 0 saturated heterocycles. The molecule has 0 aromatic rings. The molecule has 4 amide bonds. The Morgan fingerprint density at radius 2 is 1.58 bits per heavy atom. The lowest BCUT2D eigenvalue weighted by atomic mass is 9.84. The van der Waals surface area contributed by atoms with Gasteiger partial charge < -0.3 is 32.7 Å². The molecule has 1 fully saturated rings. The van der Waals surface area contributed by atoms with Crippen LogP contribution >= 0.6 is 0 Å². The standard InChI is InChI=1S/C23H44N6O4/c1-4-26-13-11-19(30)27-17(10-12-24)22(32)28-18(14-16-8-6-5-7-9-16)23(33)29-20(15(2)3)21(25)31/h15-18,20,26H,4-14,24H2,1-3H3,(H2,25,31)(H,27,30)(H,28,32)(H,29,33). The first-order chi connectivity index (χ1) is 15.7. The monoisotopic (exact) mass is 468 g/mol.